The molecule has 0 radical (unpaired) electrons. The van der Waals surface area contributed by atoms with E-state index in [9.17, 15) is 35.2 Å². The normalized spacial score (nSPS) is 23.0. The summed E-state index contributed by atoms with van der Waals surface area (Å²) in [6, 6.07) is 16.6. The van der Waals surface area contributed by atoms with Crippen LogP contribution in [0.25, 0.3) is 0 Å². The lowest BCUT2D eigenvalue weighted by Gasteiger charge is -2.59. The van der Waals surface area contributed by atoms with Gasteiger partial charge in [-0.25, -0.2) is 4.79 Å². The molecule has 3 aromatic carbocycles. The number of hydrogen-bond donors (Lipinski definition) is 2. The number of ether oxygens (including phenoxy) is 4. The van der Waals surface area contributed by atoms with Crippen LogP contribution in [0.1, 0.15) is 82.8 Å². The summed E-state index contributed by atoms with van der Waals surface area (Å²) in [4.78, 5) is 43.7. The van der Waals surface area contributed by atoms with Crippen molar-refractivity contribution in [2.45, 2.75) is 90.1 Å². The molecule has 0 spiro atoms. The maximum atomic E-state index is 14.1. The highest BCUT2D eigenvalue weighted by molar-refractivity contribution is 6.03. The number of nitro benzene ring substituents is 2. The van der Waals surface area contributed by atoms with Crippen LogP contribution >= 0.6 is 0 Å². The molecular weight excluding hydrogens is 813 g/mol. The average Bonchev–Trinajstić information content (AvgIpc) is 3.26. The number of hydrogen-bond acceptors (Lipinski definition) is 13. The number of non-ortho nitro benzene ring substituents is 2. The van der Waals surface area contributed by atoms with Crippen LogP contribution in [0.5, 0.6) is 17.2 Å². The molecule has 0 bridgehead atoms. The molecular formula is C47H58N4O12. The van der Waals surface area contributed by atoms with Crippen molar-refractivity contribution in [2.24, 2.45) is 28.3 Å². The monoisotopic (exact) mass is 870 g/mol. The Labute approximate surface area is 367 Å². The quantitative estimate of drug-likeness (QED) is 0.0472. The lowest BCUT2D eigenvalue weighted by Crippen LogP contribution is -2.69. The fraction of sp³-hybridized carbons (Fsp3) is 0.489. The van der Waals surface area contributed by atoms with Gasteiger partial charge in [-0.2, -0.15) is 0 Å². The molecule has 63 heavy (non-hydrogen) atoms. The second-order valence-corrected chi connectivity index (χ2v) is 17.6. The van der Waals surface area contributed by atoms with Crippen molar-refractivity contribution >= 4 is 23.2 Å². The topological polar surface area (TPSA) is 206 Å². The zero-order chi connectivity index (χ0) is 45.3. The summed E-state index contributed by atoms with van der Waals surface area (Å²) < 4.78 is 26.3. The Morgan fingerprint density at radius 3 is 2.33 bits per heavy atom. The summed E-state index contributed by atoms with van der Waals surface area (Å²) in [6.45, 7) is 10.2. The van der Waals surface area contributed by atoms with E-state index in [1.807, 2.05) is 26.8 Å². The number of nitrogens with zero attached hydrogens (tertiary/aromatic N) is 4. The van der Waals surface area contributed by atoms with Crippen molar-refractivity contribution in [2.75, 3.05) is 33.5 Å². The molecule has 3 aliphatic rings. The van der Waals surface area contributed by atoms with E-state index in [-0.39, 0.29) is 79.7 Å². The lowest BCUT2D eigenvalue weighted by atomic mass is 9.55. The number of rotatable bonds is 20. The summed E-state index contributed by atoms with van der Waals surface area (Å²) in [5.41, 5.74) is 2.35. The smallest absolute Gasteiger partial charge is 0.410 e. The Kier molecular flexibility index (Phi) is 15.2. The molecule has 6 rings (SSSR count). The van der Waals surface area contributed by atoms with Crippen LogP contribution in [0.4, 0.5) is 16.2 Å². The number of aliphatic hydroxyl groups is 2. The minimum Gasteiger partial charge on any atom is -0.459 e. The summed E-state index contributed by atoms with van der Waals surface area (Å²) in [6.07, 6.45) is 7.48. The highest BCUT2D eigenvalue weighted by Crippen LogP contribution is 2.62. The van der Waals surface area contributed by atoms with Gasteiger partial charge in [0.15, 0.2) is 0 Å². The summed E-state index contributed by atoms with van der Waals surface area (Å²) in [5, 5.41) is 47.5. The van der Waals surface area contributed by atoms with E-state index in [2.05, 4.69) is 12.7 Å². The van der Waals surface area contributed by atoms with Crippen LogP contribution in [-0.4, -0.2) is 82.1 Å². The molecule has 2 aliphatic carbocycles. The van der Waals surface area contributed by atoms with Crippen LogP contribution < -0.4 is 9.47 Å². The lowest BCUT2D eigenvalue weighted by molar-refractivity contribution is -0.385. The predicted molar refractivity (Wildman–Crippen MR) is 235 cm³/mol. The van der Waals surface area contributed by atoms with E-state index in [4.69, 9.17) is 28.9 Å². The Balaban J connectivity index is 1.54. The van der Waals surface area contributed by atoms with Crippen LogP contribution in [0.2, 0.25) is 0 Å². The van der Waals surface area contributed by atoms with Gasteiger partial charge in [0.1, 0.15) is 29.9 Å². The molecule has 16 nitrogen and oxygen atoms in total. The molecule has 1 amide bonds. The fourth-order valence-electron chi connectivity index (χ4n) is 8.99. The highest BCUT2D eigenvalue weighted by atomic mass is 16.7. The molecule has 0 saturated heterocycles. The largest absolute Gasteiger partial charge is 0.459 e. The summed E-state index contributed by atoms with van der Waals surface area (Å²) >= 11 is 0. The van der Waals surface area contributed by atoms with Crippen LogP contribution in [0, 0.1) is 43.4 Å². The van der Waals surface area contributed by atoms with Gasteiger partial charge < -0.3 is 38.9 Å². The third kappa shape index (κ3) is 10.9. The molecule has 0 aromatic heterocycles. The van der Waals surface area contributed by atoms with Crippen LogP contribution in [-0.2, 0) is 20.9 Å². The Morgan fingerprint density at radius 2 is 1.67 bits per heavy atom. The van der Waals surface area contributed by atoms with Crippen molar-refractivity contribution in [3.05, 3.63) is 122 Å². The molecule has 3 aromatic rings. The SMILES string of the molecule is C=CCO[C@@]12Oc3ccc(Oc4cccc([N+](=O)[O-])c4)cc3[C@H]3[C@H](CCCCO)[C@@H](CCCCO)C=C(C(=NOCc4ccc([N+](=O)[O-])cc4)C[C@@H]1N(C)C(=O)OCC(C)(C)C)[C@H]32. The third-order valence-electron chi connectivity index (χ3n) is 11.8. The molecule has 1 fully saturated rings. The van der Waals surface area contributed by atoms with Gasteiger partial charge in [0.25, 0.3) is 11.4 Å². The van der Waals surface area contributed by atoms with E-state index < -0.39 is 33.7 Å². The second-order valence-electron chi connectivity index (χ2n) is 17.6. The van der Waals surface area contributed by atoms with Gasteiger partial charge in [-0.15, -0.1) is 6.58 Å². The van der Waals surface area contributed by atoms with Gasteiger partial charge in [-0.1, -0.05) is 57.0 Å². The Morgan fingerprint density at radius 1 is 0.968 bits per heavy atom. The number of oxime groups is 1. The molecule has 338 valence electrons. The fourth-order valence-corrected chi connectivity index (χ4v) is 8.99. The zero-order valence-electron chi connectivity index (χ0n) is 36.4. The predicted octanol–water partition coefficient (Wildman–Crippen LogP) is 9.24. The van der Waals surface area contributed by atoms with E-state index in [1.165, 1.54) is 29.2 Å². The number of unbranched alkanes of at least 4 members (excludes halogenated alkanes) is 2. The van der Waals surface area contributed by atoms with Crippen LogP contribution in [0.3, 0.4) is 0 Å². The number of fused-ring (bicyclic) bond motifs is 2. The molecule has 16 heteroatoms. The van der Waals surface area contributed by atoms with Crippen molar-refractivity contribution < 1.29 is 48.6 Å². The van der Waals surface area contributed by atoms with Gasteiger partial charge in [-0.05, 0) is 90.5 Å². The number of carbonyl (C=O) groups is 1. The zero-order valence-corrected chi connectivity index (χ0v) is 36.4. The van der Waals surface area contributed by atoms with Crippen LogP contribution in [0.15, 0.2) is 96.2 Å². The minimum atomic E-state index is -1.52. The molecule has 2 N–H and O–H groups in total. The second kappa shape index (κ2) is 20.6. The van der Waals surface area contributed by atoms with Crippen molar-refractivity contribution in [3.8, 4) is 17.2 Å². The number of benzene rings is 3. The summed E-state index contributed by atoms with van der Waals surface area (Å²) in [7, 11) is 1.65. The molecule has 1 saturated carbocycles. The number of amides is 1. The third-order valence-corrected chi connectivity index (χ3v) is 11.8. The average molecular weight is 871 g/mol. The first-order valence-electron chi connectivity index (χ1n) is 21.4. The van der Waals surface area contributed by atoms with Crippen molar-refractivity contribution in [1.29, 1.82) is 0 Å². The number of carbonyl (C=O) groups excluding carboxylic acids is 1. The van der Waals surface area contributed by atoms with E-state index >= 15 is 0 Å². The Bertz CT molecular complexity index is 2170. The molecule has 1 aliphatic heterocycles. The maximum Gasteiger partial charge on any atom is 0.410 e. The van der Waals surface area contributed by atoms with Gasteiger partial charge in [-0.3, -0.25) is 20.2 Å². The maximum absolute atomic E-state index is 14.1. The highest BCUT2D eigenvalue weighted by Gasteiger charge is 2.65. The first kappa shape index (κ1) is 46.7. The number of aliphatic hydroxyl groups excluding tert-OH is 2. The molecule has 0 unspecified atom stereocenters. The number of nitro groups is 2. The molecule has 1 heterocycles. The first-order valence-corrected chi connectivity index (χ1v) is 21.4. The van der Waals surface area contributed by atoms with Gasteiger partial charge in [0.2, 0.25) is 5.79 Å². The van der Waals surface area contributed by atoms with E-state index in [0.29, 0.717) is 48.5 Å². The Hall–Kier alpha value is -5.84. The van der Waals surface area contributed by atoms with Crippen molar-refractivity contribution in [3.63, 3.8) is 0 Å². The minimum absolute atomic E-state index is 0.0104. The van der Waals surface area contributed by atoms with Gasteiger partial charge in [0.05, 0.1) is 40.8 Å². The van der Waals surface area contributed by atoms with Gasteiger partial charge >= 0.3 is 6.09 Å². The number of allylic oxidation sites excluding steroid dienone is 1. The van der Waals surface area contributed by atoms with Crippen molar-refractivity contribution in [1.82, 2.24) is 4.90 Å². The first-order chi connectivity index (χ1) is 30.2. The van der Waals surface area contributed by atoms with Gasteiger partial charge in [0, 0.05) is 56.4 Å². The van der Waals surface area contributed by atoms with E-state index in [1.54, 1.807) is 49.5 Å². The number of likely N-dealkylation sites (N-methyl/N-ethyl adjacent to an activating group) is 1. The standard InChI is InChI=1S/C47H58N4O12/c1-6-24-60-47-42(49(5)45(54)59-30-46(2,3)4)28-40(48-61-29-31-16-18-33(19-17-31)50(55)56)38-25-32(12-7-9-22-52)37(15-8-10-23-53)43(44(38)47)39-27-36(20-21-41(39)63-47)62-35-14-11-13-34(26-35)51(57)58/h6,11,13-14,16-21,25-27,32,37,42-44,52-53H,1,7-10,12,15,22-24,28-30H2,2-5H3/t32-,37+,42-,43+,44+,47+/m0/s1. The summed E-state index contributed by atoms with van der Waals surface area (Å²) in [5.74, 6) is -1.37. The van der Waals surface area contributed by atoms with E-state index in [0.717, 1.165) is 24.0 Å². The molecule has 6 atom stereocenters.